The standard InChI is InChI=1S/C53H38N4/c1-2-36-22-32-46-45-20-12-13-21-48(45)57(49(46)34-36)50-35-44(39-18-10-5-11-19-39)31-33-47(50)53-55-51(42-27-23-40(24-28-42)37-14-6-3-7-15-37)54-52(56-53)43-29-25-41(26-30-43)38-16-8-4-9-17-38/h3-35H,2H2,1H3. The van der Waals surface area contributed by atoms with Crippen LogP contribution in [0, 0.1) is 0 Å². The van der Waals surface area contributed by atoms with Crippen LogP contribution in [0.1, 0.15) is 12.5 Å². The molecular formula is C53H38N4. The molecule has 0 aliphatic carbocycles. The Bertz CT molecular complexity index is 2900. The molecule has 57 heavy (non-hydrogen) atoms. The van der Waals surface area contributed by atoms with Crippen molar-refractivity contribution in [2.24, 2.45) is 0 Å². The fourth-order valence-electron chi connectivity index (χ4n) is 7.85. The number of fused-ring (bicyclic) bond motifs is 3. The Labute approximate surface area is 332 Å². The summed E-state index contributed by atoms with van der Waals surface area (Å²) in [5.74, 6) is 1.85. The van der Waals surface area contributed by atoms with E-state index >= 15 is 0 Å². The predicted molar refractivity (Wildman–Crippen MR) is 236 cm³/mol. The molecule has 10 aromatic rings. The lowest BCUT2D eigenvalue weighted by molar-refractivity contribution is 1.06. The first kappa shape index (κ1) is 34.1. The summed E-state index contributed by atoms with van der Waals surface area (Å²) in [6.45, 7) is 2.21. The van der Waals surface area contributed by atoms with Crippen LogP contribution in [0.25, 0.3) is 95.0 Å². The summed E-state index contributed by atoms with van der Waals surface area (Å²) < 4.78 is 2.40. The number of benzene rings is 8. The molecule has 0 radical (unpaired) electrons. The van der Waals surface area contributed by atoms with Gasteiger partial charge in [0.05, 0.1) is 16.7 Å². The molecule has 270 valence electrons. The lowest BCUT2D eigenvalue weighted by atomic mass is 10.0. The molecule has 4 heteroatoms. The van der Waals surface area contributed by atoms with E-state index < -0.39 is 0 Å². The first-order valence-corrected chi connectivity index (χ1v) is 19.5. The SMILES string of the molecule is CCc1ccc2c3ccccc3n(-c3cc(-c4ccccc4)ccc3-c3nc(-c4ccc(-c5ccccc5)cc4)nc(-c4ccc(-c5ccccc5)cc4)n3)c2c1. The van der Waals surface area contributed by atoms with Gasteiger partial charge >= 0.3 is 0 Å². The second kappa shape index (κ2) is 14.7. The van der Waals surface area contributed by atoms with Crippen LogP contribution in [-0.4, -0.2) is 19.5 Å². The van der Waals surface area contributed by atoms with Crippen molar-refractivity contribution in [3.05, 3.63) is 206 Å². The minimum absolute atomic E-state index is 0.612. The van der Waals surface area contributed by atoms with Crippen molar-refractivity contribution in [2.45, 2.75) is 13.3 Å². The summed E-state index contributed by atoms with van der Waals surface area (Å²) in [6, 6.07) is 70.7. The Hall–Kier alpha value is -7.43. The highest BCUT2D eigenvalue weighted by Crippen LogP contribution is 2.39. The van der Waals surface area contributed by atoms with Gasteiger partial charge in [0.2, 0.25) is 0 Å². The summed E-state index contributed by atoms with van der Waals surface area (Å²) >= 11 is 0. The number of hydrogen-bond acceptors (Lipinski definition) is 3. The van der Waals surface area contributed by atoms with Crippen molar-refractivity contribution in [1.82, 2.24) is 19.5 Å². The van der Waals surface area contributed by atoms with Gasteiger partial charge < -0.3 is 4.57 Å². The summed E-state index contributed by atoms with van der Waals surface area (Å²) in [6.07, 6.45) is 0.945. The lowest BCUT2D eigenvalue weighted by Crippen LogP contribution is -2.04. The second-order valence-corrected chi connectivity index (χ2v) is 14.3. The largest absolute Gasteiger partial charge is 0.308 e. The molecule has 0 atom stereocenters. The van der Waals surface area contributed by atoms with Gasteiger partial charge in [0, 0.05) is 27.5 Å². The average molecular weight is 731 g/mol. The summed E-state index contributed by atoms with van der Waals surface area (Å²) in [4.78, 5) is 15.8. The lowest BCUT2D eigenvalue weighted by Gasteiger charge is -2.17. The molecule has 0 spiro atoms. The van der Waals surface area contributed by atoms with Gasteiger partial charge in [-0.1, -0.05) is 183 Å². The minimum Gasteiger partial charge on any atom is -0.308 e. The van der Waals surface area contributed by atoms with E-state index in [2.05, 4.69) is 200 Å². The van der Waals surface area contributed by atoms with E-state index in [9.17, 15) is 0 Å². The van der Waals surface area contributed by atoms with Gasteiger partial charge in [-0.2, -0.15) is 0 Å². The quantitative estimate of drug-likeness (QED) is 0.156. The molecule has 4 nitrogen and oxygen atoms in total. The molecule has 8 aromatic carbocycles. The average Bonchev–Trinajstić information content (AvgIpc) is 3.63. The number of hydrogen-bond donors (Lipinski definition) is 0. The Balaban J connectivity index is 1.21. The van der Waals surface area contributed by atoms with Crippen LogP contribution in [-0.2, 0) is 6.42 Å². The third kappa shape index (κ3) is 6.47. The highest BCUT2D eigenvalue weighted by molar-refractivity contribution is 6.10. The molecule has 2 aromatic heterocycles. The number of aromatic nitrogens is 4. The smallest absolute Gasteiger partial charge is 0.166 e. The molecule has 0 fully saturated rings. The second-order valence-electron chi connectivity index (χ2n) is 14.3. The molecule has 0 bridgehead atoms. The third-order valence-corrected chi connectivity index (χ3v) is 10.9. The Kier molecular flexibility index (Phi) is 8.77. The molecule has 0 aliphatic rings. The van der Waals surface area contributed by atoms with Gasteiger partial charge in [0.1, 0.15) is 0 Å². The van der Waals surface area contributed by atoms with Gasteiger partial charge in [0.15, 0.2) is 17.5 Å². The Morgan fingerprint density at radius 1 is 0.351 bits per heavy atom. The van der Waals surface area contributed by atoms with E-state index in [1.807, 2.05) is 12.1 Å². The van der Waals surface area contributed by atoms with Gasteiger partial charge in [-0.15, -0.1) is 0 Å². The highest BCUT2D eigenvalue weighted by Gasteiger charge is 2.21. The van der Waals surface area contributed by atoms with Gasteiger partial charge in [-0.25, -0.2) is 15.0 Å². The van der Waals surface area contributed by atoms with Crippen LogP contribution in [0.5, 0.6) is 0 Å². The Morgan fingerprint density at radius 2 is 0.789 bits per heavy atom. The van der Waals surface area contributed by atoms with Crippen molar-refractivity contribution >= 4 is 21.8 Å². The number of nitrogens with zero attached hydrogens (tertiary/aromatic N) is 4. The first-order chi connectivity index (χ1) is 28.2. The maximum absolute atomic E-state index is 5.30. The minimum atomic E-state index is 0.612. The van der Waals surface area contributed by atoms with Crippen LogP contribution in [0.2, 0.25) is 0 Å². The zero-order chi connectivity index (χ0) is 38.1. The number of para-hydroxylation sites is 1. The van der Waals surface area contributed by atoms with Gasteiger partial charge in [0.25, 0.3) is 0 Å². The topological polar surface area (TPSA) is 43.6 Å². The molecule has 0 saturated heterocycles. The maximum atomic E-state index is 5.30. The van der Waals surface area contributed by atoms with E-state index in [1.165, 1.54) is 27.5 Å². The first-order valence-electron chi connectivity index (χ1n) is 19.5. The van der Waals surface area contributed by atoms with Crippen LogP contribution < -0.4 is 0 Å². The van der Waals surface area contributed by atoms with Crippen molar-refractivity contribution in [3.63, 3.8) is 0 Å². The van der Waals surface area contributed by atoms with Crippen LogP contribution in [0.4, 0.5) is 0 Å². The molecule has 0 saturated carbocycles. The molecule has 2 heterocycles. The maximum Gasteiger partial charge on any atom is 0.166 e. The molecule has 0 unspecified atom stereocenters. The third-order valence-electron chi connectivity index (χ3n) is 10.9. The van der Waals surface area contributed by atoms with Crippen molar-refractivity contribution in [1.29, 1.82) is 0 Å². The van der Waals surface area contributed by atoms with Gasteiger partial charge in [-0.3, -0.25) is 0 Å². The van der Waals surface area contributed by atoms with E-state index in [4.69, 9.17) is 15.0 Å². The summed E-state index contributed by atoms with van der Waals surface area (Å²) in [7, 11) is 0. The normalized spacial score (nSPS) is 11.3. The molecular weight excluding hydrogens is 693 g/mol. The summed E-state index contributed by atoms with van der Waals surface area (Å²) in [5, 5.41) is 2.42. The zero-order valence-electron chi connectivity index (χ0n) is 31.5. The molecule has 0 amide bonds. The van der Waals surface area contributed by atoms with Crippen LogP contribution in [0.3, 0.4) is 0 Å². The fourth-order valence-corrected chi connectivity index (χ4v) is 7.85. The summed E-state index contributed by atoms with van der Waals surface area (Å²) in [5.41, 5.74) is 14.2. The molecule has 0 aliphatic heterocycles. The van der Waals surface area contributed by atoms with Crippen LogP contribution in [0.15, 0.2) is 200 Å². The van der Waals surface area contributed by atoms with Crippen molar-refractivity contribution in [2.75, 3.05) is 0 Å². The predicted octanol–water partition coefficient (Wildman–Crippen LogP) is 13.5. The molecule has 0 N–H and O–H groups in total. The van der Waals surface area contributed by atoms with Crippen molar-refractivity contribution in [3.8, 4) is 73.2 Å². The Morgan fingerprint density at radius 3 is 1.35 bits per heavy atom. The zero-order valence-corrected chi connectivity index (χ0v) is 31.5. The van der Waals surface area contributed by atoms with E-state index in [0.717, 1.165) is 62.1 Å². The number of rotatable bonds is 8. The monoisotopic (exact) mass is 730 g/mol. The highest BCUT2D eigenvalue weighted by atomic mass is 15.1. The molecule has 10 rings (SSSR count). The van der Waals surface area contributed by atoms with Crippen LogP contribution >= 0.6 is 0 Å². The van der Waals surface area contributed by atoms with Crippen molar-refractivity contribution < 1.29 is 0 Å². The van der Waals surface area contributed by atoms with E-state index in [-0.39, 0.29) is 0 Å². The van der Waals surface area contributed by atoms with E-state index in [0.29, 0.717) is 17.5 Å². The number of aryl methyl sites for hydroxylation is 1. The fraction of sp³-hybridized carbons (Fsp3) is 0.0377. The van der Waals surface area contributed by atoms with E-state index in [1.54, 1.807) is 0 Å². The van der Waals surface area contributed by atoms with Gasteiger partial charge in [-0.05, 0) is 69.6 Å².